The summed E-state index contributed by atoms with van der Waals surface area (Å²) in [6.45, 7) is 0.686. The summed E-state index contributed by atoms with van der Waals surface area (Å²) in [7, 11) is 1.52. The van der Waals surface area contributed by atoms with Crippen molar-refractivity contribution in [3.63, 3.8) is 0 Å². The Morgan fingerprint density at radius 1 is 1.37 bits per heavy atom. The third-order valence-electron chi connectivity index (χ3n) is 3.37. The van der Waals surface area contributed by atoms with Gasteiger partial charge in [-0.25, -0.2) is 9.97 Å². The fourth-order valence-electron chi connectivity index (χ4n) is 2.18. The lowest BCUT2D eigenvalue weighted by Crippen LogP contribution is -2.33. The number of anilines is 3. The van der Waals surface area contributed by atoms with Crippen LogP contribution in [-0.2, 0) is 10.9 Å². The maximum absolute atomic E-state index is 12.8. The number of rotatable bonds is 8. The molecular weight excluding hydrogens is 365 g/mol. The van der Waals surface area contributed by atoms with Gasteiger partial charge in [-0.3, -0.25) is 4.79 Å². The molecule has 0 bridgehead atoms. The van der Waals surface area contributed by atoms with E-state index < -0.39 is 17.8 Å². The molecule has 0 aromatic carbocycles. The van der Waals surface area contributed by atoms with Gasteiger partial charge < -0.3 is 26.8 Å². The minimum absolute atomic E-state index is 0.109. The molecule has 1 amide bonds. The van der Waals surface area contributed by atoms with Crippen molar-refractivity contribution in [3.05, 3.63) is 41.9 Å². The number of ether oxygens (including phenoxy) is 1. The highest BCUT2D eigenvalue weighted by molar-refractivity contribution is 5.97. The van der Waals surface area contributed by atoms with Crippen LogP contribution in [-0.4, -0.2) is 42.2 Å². The van der Waals surface area contributed by atoms with Crippen LogP contribution < -0.4 is 22.1 Å². The van der Waals surface area contributed by atoms with Crippen LogP contribution in [0.25, 0.3) is 0 Å². The molecule has 2 aromatic rings. The lowest BCUT2D eigenvalue weighted by Gasteiger charge is -2.15. The molecule has 0 saturated carbocycles. The van der Waals surface area contributed by atoms with E-state index in [1.165, 1.54) is 31.5 Å². The third-order valence-corrected chi connectivity index (χ3v) is 3.37. The van der Waals surface area contributed by atoms with Gasteiger partial charge >= 0.3 is 6.18 Å². The van der Waals surface area contributed by atoms with Gasteiger partial charge in [-0.1, -0.05) is 6.07 Å². The first kappa shape index (κ1) is 20.4. The molecule has 1 atom stereocenters. The van der Waals surface area contributed by atoms with E-state index >= 15 is 0 Å². The van der Waals surface area contributed by atoms with Crippen LogP contribution in [0.4, 0.5) is 30.4 Å². The highest BCUT2D eigenvalue weighted by Gasteiger charge is 2.32. The van der Waals surface area contributed by atoms with Gasteiger partial charge in [-0.2, -0.15) is 13.2 Å². The number of methoxy groups -OCH3 is 1. The molecule has 0 aliphatic carbocycles. The van der Waals surface area contributed by atoms with E-state index in [1.54, 1.807) is 0 Å². The minimum atomic E-state index is -4.59. The number of aromatic nitrogens is 2. The van der Waals surface area contributed by atoms with Gasteiger partial charge in [0, 0.05) is 19.7 Å². The lowest BCUT2D eigenvalue weighted by atomic mass is 10.2. The topological polar surface area (TPSA) is 128 Å². The number of hydrogen-bond donors (Lipinski definition) is 4. The van der Waals surface area contributed by atoms with Crippen LogP contribution in [0.15, 0.2) is 30.5 Å². The molecule has 0 saturated heterocycles. The number of nitrogens with zero attached hydrogens (tertiary/aromatic N) is 2. The Hall–Kier alpha value is -2.92. The number of pyridine rings is 2. The highest BCUT2D eigenvalue weighted by Crippen LogP contribution is 2.29. The maximum Gasteiger partial charge on any atom is 0.433 e. The second kappa shape index (κ2) is 8.64. The third kappa shape index (κ3) is 5.79. The zero-order valence-corrected chi connectivity index (χ0v) is 14.4. The van der Waals surface area contributed by atoms with Crippen molar-refractivity contribution in [2.24, 2.45) is 11.5 Å². The van der Waals surface area contributed by atoms with Crippen molar-refractivity contribution in [1.82, 2.24) is 9.97 Å². The van der Waals surface area contributed by atoms with Gasteiger partial charge in [0.1, 0.15) is 11.5 Å². The molecule has 2 rings (SSSR count). The number of nitrogens with two attached hydrogens (primary N) is 2. The van der Waals surface area contributed by atoms with E-state index in [9.17, 15) is 18.0 Å². The highest BCUT2D eigenvalue weighted by atomic mass is 19.4. The number of carbonyl (C=O) groups excluding carboxylic acids is 1. The first-order valence-corrected chi connectivity index (χ1v) is 7.80. The summed E-state index contributed by atoms with van der Waals surface area (Å²) in [6.07, 6.45) is -3.23. The second-order valence-electron chi connectivity index (χ2n) is 5.61. The summed E-state index contributed by atoms with van der Waals surface area (Å²) in [5, 5.41) is 5.65. The molecule has 1 unspecified atom stereocenters. The molecule has 8 nitrogen and oxygen atoms in total. The van der Waals surface area contributed by atoms with Crippen LogP contribution >= 0.6 is 0 Å². The van der Waals surface area contributed by atoms with E-state index in [2.05, 4.69) is 20.6 Å². The Morgan fingerprint density at radius 2 is 2.11 bits per heavy atom. The fraction of sp³-hybridized carbons (Fsp3) is 0.312. The monoisotopic (exact) mass is 384 g/mol. The number of alkyl halides is 3. The molecule has 0 aliphatic heterocycles. The fourth-order valence-corrected chi connectivity index (χ4v) is 2.18. The van der Waals surface area contributed by atoms with Crippen molar-refractivity contribution >= 4 is 23.1 Å². The molecule has 0 fully saturated rings. The Balaban J connectivity index is 2.26. The number of carbonyl (C=O) groups is 1. The van der Waals surface area contributed by atoms with Crippen LogP contribution in [0.1, 0.15) is 16.2 Å². The number of halogens is 3. The SMILES string of the molecule is COCC(N)CNc1cnc(C(N)=O)c(Nc2cccc(C(F)(F)F)n2)c1. The van der Waals surface area contributed by atoms with Crippen LogP contribution in [0.2, 0.25) is 0 Å². The first-order chi connectivity index (χ1) is 12.7. The molecule has 146 valence electrons. The molecule has 11 heteroatoms. The first-order valence-electron chi connectivity index (χ1n) is 7.80. The van der Waals surface area contributed by atoms with E-state index in [0.717, 1.165) is 6.07 Å². The lowest BCUT2D eigenvalue weighted by molar-refractivity contribution is -0.141. The zero-order valence-electron chi connectivity index (χ0n) is 14.4. The van der Waals surface area contributed by atoms with Crippen LogP contribution in [0.3, 0.4) is 0 Å². The Morgan fingerprint density at radius 3 is 2.74 bits per heavy atom. The predicted octanol–water partition coefficient (Wildman–Crippen LogP) is 1.72. The van der Waals surface area contributed by atoms with Gasteiger partial charge in [-0.05, 0) is 18.2 Å². The van der Waals surface area contributed by atoms with Crippen LogP contribution in [0.5, 0.6) is 0 Å². The van der Waals surface area contributed by atoms with Crippen molar-refractivity contribution in [3.8, 4) is 0 Å². The quantitative estimate of drug-likeness (QED) is 0.545. The number of amides is 1. The van der Waals surface area contributed by atoms with Gasteiger partial charge in [-0.15, -0.1) is 0 Å². The predicted molar refractivity (Wildman–Crippen MR) is 93.6 cm³/mol. The Kier molecular flexibility index (Phi) is 6.53. The maximum atomic E-state index is 12.8. The number of nitrogens with one attached hydrogen (secondary N) is 2. The van der Waals surface area contributed by atoms with Gasteiger partial charge in [0.15, 0.2) is 5.69 Å². The zero-order chi connectivity index (χ0) is 20.0. The van der Waals surface area contributed by atoms with Crippen LogP contribution in [0, 0.1) is 0 Å². The minimum Gasteiger partial charge on any atom is -0.383 e. The summed E-state index contributed by atoms with van der Waals surface area (Å²) in [5.74, 6) is -0.950. The van der Waals surface area contributed by atoms with Crippen molar-refractivity contribution in [2.45, 2.75) is 12.2 Å². The number of primary amides is 1. The molecule has 0 radical (unpaired) electrons. The van der Waals surface area contributed by atoms with E-state index in [0.29, 0.717) is 18.8 Å². The van der Waals surface area contributed by atoms with Gasteiger partial charge in [0.25, 0.3) is 5.91 Å². The normalized spacial score (nSPS) is 12.5. The van der Waals surface area contributed by atoms with Crippen molar-refractivity contribution < 1.29 is 22.7 Å². The van der Waals surface area contributed by atoms with Gasteiger partial charge in [0.05, 0.1) is 24.2 Å². The average molecular weight is 384 g/mol. The molecular formula is C16H19F3N6O2. The molecule has 0 aliphatic rings. The Labute approximate surface area is 153 Å². The summed E-state index contributed by atoms with van der Waals surface area (Å²) < 4.78 is 43.4. The molecule has 2 heterocycles. The van der Waals surface area contributed by atoms with Crippen molar-refractivity contribution in [2.75, 3.05) is 30.9 Å². The Bertz CT molecular complexity index is 800. The molecule has 6 N–H and O–H groups in total. The molecule has 0 spiro atoms. The summed E-state index contributed by atoms with van der Waals surface area (Å²) in [6, 6.07) is 4.56. The average Bonchev–Trinajstić information content (AvgIpc) is 2.59. The summed E-state index contributed by atoms with van der Waals surface area (Å²) in [5.41, 5.74) is 10.5. The number of hydrogen-bond acceptors (Lipinski definition) is 7. The van der Waals surface area contributed by atoms with E-state index in [4.69, 9.17) is 16.2 Å². The van der Waals surface area contributed by atoms with E-state index in [-0.39, 0.29) is 23.2 Å². The molecule has 27 heavy (non-hydrogen) atoms. The molecule has 2 aromatic heterocycles. The second-order valence-corrected chi connectivity index (χ2v) is 5.61. The smallest absolute Gasteiger partial charge is 0.383 e. The summed E-state index contributed by atoms with van der Waals surface area (Å²) in [4.78, 5) is 19.0. The van der Waals surface area contributed by atoms with E-state index in [1.807, 2.05) is 0 Å². The van der Waals surface area contributed by atoms with Gasteiger partial charge in [0.2, 0.25) is 0 Å². The largest absolute Gasteiger partial charge is 0.433 e. The standard InChI is InChI=1S/C16H19F3N6O2/c1-27-8-9(20)6-22-10-5-11(14(15(21)26)23-7-10)24-13-4-2-3-12(25-13)16(17,18)19/h2-5,7,9,22H,6,8,20H2,1H3,(H2,21,26)(H,24,25). The van der Waals surface area contributed by atoms with Crippen molar-refractivity contribution in [1.29, 1.82) is 0 Å². The summed E-state index contributed by atoms with van der Waals surface area (Å²) >= 11 is 0.